The molecule has 1 radical (unpaired) electrons. The maximum atomic E-state index is 11.5. The number of aromatic nitrogens is 1. The minimum atomic E-state index is -3.10. The maximum Gasteiger partial charge on any atom is 0.179 e. The summed E-state index contributed by atoms with van der Waals surface area (Å²) < 4.78 is 23.1. The summed E-state index contributed by atoms with van der Waals surface area (Å²) in [5.74, 6) is 0.204. The minimum absolute atomic E-state index is 0.204. The first-order valence-electron chi connectivity index (χ1n) is 4.21. The third-order valence-electron chi connectivity index (χ3n) is 1.71. The summed E-state index contributed by atoms with van der Waals surface area (Å²) in [6.07, 6.45) is 5.46. The van der Waals surface area contributed by atoms with Crippen LogP contribution >= 0.6 is 0 Å². The topological polar surface area (TPSA) is 47.0 Å². The van der Waals surface area contributed by atoms with Gasteiger partial charge in [-0.25, -0.2) is 8.42 Å². The van der Waals surface area contributed by atoms with Crippen LogP contribution < -0.4 is 0 Å². The predicted molar refractivity (Wildman–Crippen MR) is 50.0 cm³/mol. The SMILES string of the molecule is CCCCS(=O)(=O)c1cc[c]nc1. The van der Waals surface area contributed by atoms with Gasteiger partial charge in [-0.1, -0.05) is 13.3 Å². The second kappa shape index (κ2) is 4.37. The number of hydrogen-bond donors (Lipinski definition) is 0. The fourth-order valence-corrected chi connectivity index (χ4v) is 2.34. The van der Waals surface area contributed by atoms with Crippen LogP contribution in [0.1, 0.15) is 19.8 Å². The molecule has 0 aromatic carbocycles. The molecule has 3 nitrogen and oxygen atoms in total. The largest absolute Gasteiger partial charge is 0.253 e. The quantitative estimate of drug-likeness (QED) is 0.735. The molecule has 0 fully saturated rings. The molecule has 0 saturated carbocycles. The van der Waals surface area contributed by atoms with Crippen LogP contribution in [0.5, 0.6) is 0 Å². The molecule has 13 heavy (non-hydrogen) atoms. The summed E-state index contributed by atoms with van der Waals surface area (Å²) in [7, 11) is -3.10. The number of hydrogen-bond acceptors (Lipinski definition) is 3. The van der Waals surface area contributed by atoms with Crippen LogP contribution in [0.3, 0.4) is 0 Å². The van der Waals surface area contributed by atoms with Gasteiger partial charge in [0.05, 0.1) is 16.8 Å². The van der Waals surface area contributed by atoms with E-state index in [4.69, 9.17) is 0 Å². The first-order chi connectivity index (χ1) is 6.17. The Morgan fingerprint density at radius 1 is 1.54 bits per heavy atom. The summed E-state index contributed by atoms with van der Waals surface area (Å²) in [6.45, 7) is 1.96. The van der Waals surface area contributed by atoms with Crippen molar-refractivity contribution in [3.8, 4) is 0 Å². The van der Waals surface area contributed by atoms with Crippen LogP contribution in [0.2, 0.25) is 0 Å². The zero-order chi connectivity index (χ0) is 9.73. The molecule has 0 spiro atoms. The molecule has 0 atom stereocenters. The van der Waals surface area contributed by atoms with E-state index in [0.29, 0.717) is 11.3 Å². The molecule has 0 aliphatic carbocycles. The van der Waals surface area contributed by atoms with Crippen LogP contribution in [0.25, 0.3) is 0 Å². The van der Waals surface area contributed by atoms with Crippen LogP contribution in [0.4, 0.5) is 0 Å². The van der Waals surface area contributed by atoms with Crippen molar-refractivity contribution in [1.29, 1.82) is 0 Å². The first kappa shape index (κ1) is 10.2. The Bertz CT molecular complexity index is 345. The molecule has 71 valence electrons. The molecule has 0 aliphatic heterocycles. The molecule has 1 aromatic rings. The number of rotatable bonds is 4. The molecular formula is C9H12NO2S. The van der Waals surface area contributed by atoms with Gasteiger partial charge >= 0.3 is 0 Å². The highest BCUT2D eigenvalue weighted by molar-refractivity contribution is 7.91. The molecule has 0 N–H and O–H groups in total. The third kappa shape index (κ3) is 2.81. The molecule has 1 heterocycles. The third-order valence-corrected chi connectivity index (χ3v) is 3.50. The Kier molecular flexibility index (Phi) is 3.42. The molecule has 0 unspecified atom stereocenters. The van der Waals surface area contributed by atoms with E-state index in [0.717, 1.165) is 6.42 Å². The minimum Gasteiger partial charge on any atom is -0.253 e. The van der Waals surface area contributed by atoms with Gasteiger partial charge in [-0.05, 0) is 18.6 Å². The van der Waals surface area contributed by atoms with E-state index >= 15 is 0 Å². The standard InChI is InChI=1S/C9H12NO2S/c1-2-3-7-13(11,12)9-5-4-6-10-8-9/h4-5,8H,2-3,7H2,1H3. The smallest absolute Gasteiger partial charge is 0.179 e. The van der Waals surface area contributed by atoms with Crippen molar-refractivity contribution < 1.29 is 8.42 Å². The summed E-state index contributed by atoms with van der Waals surface area (Å²) in [4.78, 5) is 3.95. The van der Waals surface area contributed by atoms with Crippen molar-refractivity contribution in [2.45, 2.75) is 24.7 Å². The molecule has 1 rings (SSSR count). The summed E-state index contributed by atoms with van der Waals surface area (Å²) >= 11 is 0. The first-order valence-corrected chi connectivity index (χ1v) is 5.87. The Balaban J connectivity index is 2.83. The Hall–Kier alpha value is -0.900. The highest BCUT2D eigenvalue weighted by Gasteiger charge is 2.12. The van der Waals surface area contributed by atoms with Crippen LogP contribution in [0.15, 0.2) is 23.2 Å². The zero-order valence-electron chi connectivity index (χ0n) is 7.53. The average molecular weight is 198 g/mol. The molecule has 0 aliphatic rings. The molecular weight excluding hydrogens is 186 g/mol. The molecule has 4 heteroatoms. The lowest BCUT2D eigenvalue weighted by atomic mass is 10.4. The van der Waals surface area contributed by atoms with E-state index in [-0.39, 0.29) is 5.75 Å². The van der Waals surface area contributed by atoms with Gasteiger partial charge in [0.2, 0.25) is 0 Å². The van der Waals surface area contributed by atoms with E-state index in [9.17, 15) is 8.42 Å². The lowest BCUT2D eigenvalue weighted by Gasteiger charge is -2.01. The fourth-order valence-electron chi connectivity index (χ4n) is 0.943. The number of nitrogens with zero attached hydrogens (tertiary/aromatic N) is 1. The van der Waals surface area contributed by atoms with Crippen molar-refractivity contribution in [2.24, 2.45) is 0 Å². The maximum absolute atomic E-state index is 11.5. The van der Waals surface area contributed by atoms with E-state index in [1.54, 1.807) is 0 Å². The van der Waals surface area contributed by atoms with Crippen molar-refractivity contribution >= 4 is 9.84 Å². The Labute approximate surface area is 78.7 Å². The molecule has 0 saturated heterocycles. The van der Waals surface area contributed by atoms with Crippen LogP contribution in [0, 0.1) is 6.20 Å². The Morgan fingerprint density at radius 2 is 2.31 bits per heavy atom. The molecule has 0 bridgehead atoms. The number of pyridine rings is 1. The number of sulfone groups is 1. The predicted octanol–water partition coefficient (Wildman–Crippen LogP) is 1.46. The molecule has 0 amide bonds. The van der Waals surface area contributed by atoms with E-state index in [1.165, 1.54) is 18.3 Å². The fraction of sp³-hybridized carbons (Fsp3) is 0.444. The van der Waals surface area contributed by atoms with Crippen molar-refractivity contribution in [1.82, 2.24) is 4.98 Å². The second-order valence-corrected chi connectivity index (χ2v) is 4.90. The lowest BCUT2D eigenvalue weighted by molar-refractivity contribution is 0.592. The summed E-state index contributed by atoms with van der Waals surface area (Å²) in [5.41, 5.74) is 0. The van der Waals surface area contributed by atoms with Gasteiger partial charge in [-0.3, -0.25) is 4.98 Å². The highest BCUT2D eigenvalue weighted by atomic mass is 32.2. The number of unbranched alkanes of at least 4 members (excludes halogenated alkanes) is 1. The summed E-state index contributed by atoms with van der Waals surface area (Å²) in [5, 5.41) is 0. The van der Waals surface area contributed by atoms with E-state index < -0.39 is 9.84 Å². The second-order valence-electron chi connectivity index (χ2n) is 2.80. The van der Waals surface area contributed by atoms with Crippen LogP contribution in [-0.4, -0.2) is 19.2 Å². The van der Waals surface area contributed by atoms with Gasteiger partial charge in [0.15, 0.2) is 9.84 Å². The van der Waals surface area contributed by atoms with Gasteiger partial charge < -0.3 is 0 Å². The van der Waals surface area contributed by atoms with Gasteiger partial charge in [0, 0.05) is 6.20 Å². The van der Waals surface area contributed by atoms with Crippen molar-refractivity contribution in [3.05, 3.63) is 24.5 Å². The Morgan fingerprint density at radius 3 is 2.85 bits per heavy atom. The van der Waals surface area contributed by atoms with Gasteiger partial charge in [-0.2, -0.15) is 0 Å². The van der Waals surface area contributed by atoms with Gasteiger partial charge in [-0.15, -0.1) is 0 Å². The zero-order valence-corrected chi connectivity index (χ0v) is 8.34. The monoisotopic (exact) mass is 198 g/mol. The average Bonchev–Trinajstić information content (AvgIpc) is 2.16. The normalized spacial score (nSPS) is 11.5. The van der Waals surface area contributed by atoms with E-state index in [2.05, 4.69) is 11.2 Å². The van der Waals surface area contributed by atoms with Gasteiger partial charge in [0.1, 0.15) is 0 Å². The van der Waals surface area contributed by atoms with Crippen molar-refractivity contribution in [3.63, 3.8) is 0 Å². The van der Waals surface area contributed by atoms with Crippen molar-refractivity contribution in [2.75, 3.05) is 5.75 Å². The summed E-state index contributed by atoms with van der Waals surface area (Å²) in [6, 6.07) is 3.04. The highest BCUT2D eigenvalue weighted by Crippen LogP contribution is 2.09. The van der Waals surface area contributed by atoms with E-state index in [1.807, 2.05) is 6.92 Å². The lowest BCUT2D eigenvalue weighted by Crippen LogP contribution is -2.06. The van der Waals surface area contributed by atoms with Crippen LogP contribution in [-0.2, 0) is 9.84 Å². The van der Waals surface area contributed by atoms with Gasteiger partial charge in [0.25, 0.3) is 0 Å². The molecule has 1 aromatic heterocycles.